The van der Waals surface area contributed by atoms with Crippen LogP contribution in [0.3, 0.4) is 0 Å². The molecule has 2 rings (SSSR count). The van der Waals surface area contributed by atoms with E-state index in [1.807, 2.05) is 19.1 Å². The van der Waals surface area contributed by atoms with E-state index < -0.39 is 5.63 Å². The van der Waals surface area contributed by atoms with Crippen LogP contribution in [-0.2, 0) is 6.42 Å². The number of rotatable bonds is 5. The summed E-state index contributed by atoms with van der Waals surface area (Å²) in [7, 11) is 0. The zero-order valence-electron chi connectivity index (χ0n) is 9.64. The van der Waals surface area contributed by atoms with Crippen LogP contribution < -0.4 is 10.4 Å². The molecule has 0 spiro atoms. The Kier molecular flexibility index (Phi) is 3.65. The molecule has 0 aliphatic rings. The van der Waals surface area contributed by atoms with E-state index in [-0.39, 0.29) is 0 Å². The van der Waals surface area contributed by atoms with Crippen LogP contribution in [-0.4, -0.2) is 6.61 Å². The number of hydrogen-bond donors (Lipinski definition) is 0. The smallest absolute Gasteiger partial charge is 0.338 e. The van der Waals surface area contributed by atoms with Crippen molar-refractivity contribution in [3.8, 4) is 5.95 Å². The van der Waals surface area contributed by atoms with Gasteiger partial charge < -0.3 is 13.6 Å². The molecule has 0 aromatic carbocycles. The summed E-state index contributed by atoms with van der Waals surface area (Å²) in [6.07, 6.45) is 3.27. The summed E-state index contributed by atoms with van der Waals surface area (Å²) in [4.78, 5) is 11.0. The Morgan fingerprint density at radius 1 is 1.29 bits per heavy atom. The molecule has 0 unspecified atom stereocenters. The zero-order valence-corrected chi connectivity index (χ0v) is 9.64. The first-order valence-electron chi connectivity index (χ1n) is 5.51. The fourth-order valence-corrected chi connectivity index (χ4v) is 1.48. The van der Waals surface area contributed by atoms with Crippen LogP contribution >= 0.6 is 0 Å². The Balaban J connectivity index is 1.82. The molecular weight excluding hydrogens is 220 g/mol. The molecule has 2 aromatic heterocycles. The van der Waals surface area contributed by atoms with E-state index in [9.17, 15) is 4.79 Å². The van der Waals surface area contributed by atoms with Gasteiger partial charge in [-0.05, 0) is 31.5 Å². The molecule has 0 aliphatic carbocycles. The average Bonchev–Trinajstić information content (AvgIpc) is 2.82. The van der Waals surface area contributed by atoms with Crippen molar-refractivity contribution in [1.82, 2.24) is 0 Å². The predicted molar refractivity (Wildman–Crippen MR) is 62.2 cm³/mol. The van der Waals surface area contributed by atoms with Crippen LogP contribution in [0.1, 0.15) is 17.7 Å². The maximum Gasteiger partial charge on any atom is 0.338 e. The molecule has 0 fully saturated rings. The minimum Gasteiger partial charge on any atom is -0.469 e. The van der Waals surface area contributed by atoms with Crippen LogP contribution in [0.4, 0.5) is 0 Å². The number of hydrogen-bond acceptors (Lipinski definition) is 4. The normalized spacial score (nSPS) is 10.4. The monoisotopic (exact) mass is 234 g/mol. The van der Waals surface area contributed by atoms with Gasteiger partial charge in [-0.2, -0.15) is 0 Å². The molecule has 0 atom stereocenters. The largest absolute Gasteiger partial charge is 0.469 e. The van der Waals surface area contributed by atoms with Crippen LogP contribution in [0.15, 0.2) is 44.2 Å². The third-order valence-corrected chi connectivity index (χ3v) is 2.37. The van der Waals surface area contributed by atoms with Crippen molar-refractivity contribution in [3.63, 3.8) is 0 Å². The fraction of sp³-hybridized carbons (Fsp3) is 0.308. The summed E-state index contributed by atoms with van der Waals surface area (Å²) in [6.45, 7) is 2.33. The molecule has 90 valence electrons. The SMILES string of the molecule is Cc1ccc(=O)oc1OCCCc1ccco1. The van der Waals surface area contributed by atoms with Gasteiger partial charge >= 0.3 is 5.63 Å². The number of aryl methyl sites for hydroxylation is 2. The first-order valence-corrected chi connectivity index (χ1v) is 5.51. The highest BCUT2D eigenvalue weighted by Crippen LogP contribution is 2.14. The molecule has 0 aliphatic heterocycles. The maximum absolute atomic E-state index is 11.0. The molecule has 2 aromatic rings. The lowest BCUT2D eigenvalue weighted by Gasteiger charge is -2.05. The standard InChI is InChI=1S/C13H14O4/c1-10-6-7-12(14)17-13(10)16-9-3-5-11-4-2-8-15-11/h2,4,6-8H,3,5,9H2,1H3. The van der Waals surface area contributed by atoms with Gasteiger partial charge in [0.05, 0.1) is 12.9 Å². The molecule has 0 radical (unpaired) electrons. The van der Waals surface area contributed by atoms with Crippen LogP contribution in [0.5, 0.6) is 5.95 Å². The van der Waals surface area contributed by atoms with Gasteiger partial charge in [-0.1, -0.05) is 0 Å². The number of ether oxygens (including phenoxy) is 1. The minimum absolute atomic E-state index is 0.303. The van der Waals surface area contributed by atoms with E-state index >= 15 is 0 Å². The maximum atomic E-state index is 11.0. The molecular formula is C13H14O4. The molecule has 0 amide bonds. The Bertz CT molecular complexity index is 510. The second-order valence-electron chi connectivity index (χ2n) is 3.76. The Hall–Kier alpha value is -1.97. The quantitative estimate of drug-likeness (QED) is 0.746. The van der Waals surface area contributed by atoms with E-state index in [1.165, 1.54) is 6.07 Å². The van der Waals surface area contributed by atoms with Crippen molar-refractivity contribution in [2.24, 2.45) is 0 Å². The van der Waals surface area contributed by atoms with Crippen LogP contribution in [0.25, 0.3) is 0 Å². The van der Waals surface area contributed by atoms with Crippen LogP contribution in [0, 0.1) is 6.92 Å². The van der Waals surface area contributed by atoms with E-state index in [2.05, 4.69) is 0 Å². The Morgan fingerprint density at radius 3 is 2.94 bits per heavy atom. The predicted octanol–water partition coefficient (Wildman–Crippen LogP) is 2.55. The third-order valence-electron chi connectivity index (χ3n) is 2.37. The highest BCUT2D eigenvalue weighted by atomic mass is 16.6. The topological polar surface area (TPSA) is 52.6 Å². The number of furan rings is 1. The van der Waals surface area contributed by atoms with Gasteiger partial charge in [0.25, 0.3) is 5.95 Å². The molecule has 2 heterocycles. The molecule has 4 heteroatoms. The van der Waals surface area contributed by atoms with E-state index in [0.717, 1.165) is 24.2 Å². The molecule has 4 nitrogen and oxygen atoms in total. The molecule has 0 N–H and O–H groups in total. The van der Waals surface area contributed by atoms with E-state index in [0.29, 0.717) is 12.6 Å². The van der Waals surface area contributed by atoms with Gasteiger partial charge in [0, 0.05) is 18.1 Å². The fourth-order valence-electron chi connectivity index (χ4n) is 1.48. The van der Waals surface area contributed by atoms with Crippen molar-refractivity contribution in [1.29, 1.82) is 0 Å². The lowest BCUT2D eigenvalue weighted by atomic mass is 10.2. The summed E-state index contributed by atoms with van der Waals surface area (Å²) in [5.41, 5.74) is 0.430. The van der Waals surface area contributed by atoms with Crippen molar-refractivity contribution < 1.29 is 13.6 Å². The Labute approximate surface area is 98.8 Å². The second-order valence-corrected chi connectivity index (χ2v) is 3.76. The summed E-state index contributed by atoms with van der Waals surface area (Å²) in [6, 6.07) is 6.85. The molecule has 0 bridgehead atoms. The van der Waals surface area contributed by atoms with Crippen molar-refractivity contribution in [2.45, 2.75) is 19.8 Å². The summed E-state index contributed by atoms with van der Waals surface area (Å²) < 4.78 is 15.6. The highest BCUT2D eigenvalue weighted by Gasteiger charge is 2.03. The molecule has 17 heavy (non-hydrogen) atoms. The minimum atomic E-state index is -0.392. The Morgan fingerprint density at radius 2 is 2.18 bits per heavy atom. The lowest BCUT2D eigenvalue weighted by molar-refractivity contribution is 0.223. The van der Waals surface area contributed by atoms with Gasteiger partial charge in [0.15, 0.2) is 0 Å². The van der Waals surface area contributed by atoms with Gasteiger partial charge in [-0.15, -0.1) is 0 Å². The van der Waals surface area contributed by atoms with Gasteiger partial charge in [-0.25, -0.2) is 4.79 Å². The summed E-state index contributed by atoms with van der Waals surface area (Å²) in [5.74, 6) is 1.23. The highest BCUT2D eigenvalue weighted by molar-refractivity contribution is 5.19. The van der Waals surface area contributed by atoms with E-state index in [4.69, 9.17) is 13.6 Å². The summed E-state index contributed by atoms with van der Waals surface area (Å²) >= 11 is 0. The van der Waals surface area contributed by atoms with E-state index in [1.54, 1.807) is 12.3 Å². The average molecular weight is 234 g/mol. The third kappa shape index (κ3) is 3.24. The first-order chi connectivity index (χ1) is 8.25. The van der Waals surface area contributed by atoms with Crippen molar-refractivity contribution in [3.05, 3.63) is 52.3 Å². The second kappa shape index (κ2) is 5.39. The van der Waals surface area contributed by atoms with Crippen molar-refractivity contribution >= 4 is 0 Å². The van der Waals surface area contributed by atoms with Gasteiger partial charge in [0.2, 0.25) is 0 Å². The lowest BCUT2D eigenvalue weighted by Crippen LogP contribution is -2.04. The first kappa shape index (κ1) is 11.5. The zero-order chi connectivity index (χ0) is 12.1. The van der Waals surface area contributed by atoms with Crippen molar-refractivity contribution in [2.75, 3.05) is 6.61 Å². The van der Waals surface area contributed by atoms with Gasteiger partial charge in [0.1, 0.15) is 5.76 Å². The van der Waals surface area contributed by atoms with Gasteiger partial charge in [-0.3, -0.25) is 0 Å². The molecule has 0 saturated carbocycles. The molecule has 0 saturated heterocycles. The summed E-state index contributed by atoms with van der Waals surface area (Å²) in [5, 5.41) is 0. The van der Waals surface area contributed by atoms with Crippen LogP contribution in [0.2, 0.25) is 0 Å².